The number of carbonyl (C=O) groups is 5. The standard InChI is InChI=1S/C57H67N7O12/c1-6-33(2)50(61-51(65)42-9-7-20-58-42)52(66)60-37-14-10-34(11-15-37)31-76-56(70)64-44-27-49(47(73-5)25-41(44)54(68)63-32-57(18-19-57)28-45(63)55(64)69)75-22-8-21-74-48-26-43-40(24-46(48)72-4)53(67)62-30-36(23-38(62)29-59-43)35-12-16-39(71-3)17-13-35/h10-17,24-27,30,33,38,42,45,50,55,58-59,69H,6-9,18-23,28-29,31-32H2,1-5H3,(H,60,66)(H,61,65)/t33?,38-,42-,45-,50?,55?/m0/s1. The van der Waals surface area contributed by atoms with Crippen LogP contribution in [0.2, 0.25) is 0 Å². The van der Waals surface area contributed by atoms with Crippen LogP contribution in [-0.2, 0) is 20.9 Å². The van der Waals surface area contributed by atoms with Crippen molar-refractivity contribution >= 4 is 52.4 Å². The highest BCUT2D eigenvalue weighted by molar-refractivity contribution is 6.06. The third kappa shape index (κ3) is 10.5. The Bertz CT molecular complexity index is 2880. The molecule has 0 radical (unpaired) electrons. The molecular weight excluding hydrogens is 975 g/mol. The van der Waals surface area contributed by atoms with Crippen molar-refractivity contribution in [2.24, 2.45) is 11.3 Å². The van der Waals surface area contributed by atoms with Crippen LogP contribution in [0.1, 0.15) is 97.1 Å². The van der Waals surface area contributed by atoms with E-state index >= 15 is 0 Å². The van der Waals surface area contributed by atoms with Crippen LogP contribution in [0.3, 0.4) is 0 Å². The fraction of sp³-hybridized carbons (Fsp3) is 0.456. The van der Waals surface area contributed by atoms with Crippen LogP contribution in [0.25, 0.3) is 5.57 Å². The second kappa shape index (κ2) is 22.0. The molecule has 2 saturated heterocycles. The minimum absolute atomic E-state index is 0.0802. The molecule has 5 amide bonds. The van der Waals surface area contributed by atoms with Crippen LogP contribution in [0.4, 0.5) is 21.9 Å². The van der Waals surface area contributed by atoms with E-state index in [0.29, 0.717) is 72.8 Å². The predicted octanol–water partition coefficient (Wildman–Crippen LogP) is 6.93. The molecule has 5 N–H and O–H groups in total. The van der Waals surface area contributed by atoms with Gasteiger partial charge in [-0.1, -0.05) is 44.5 Å². The molecule has 3 fully saturated rings. The summed E-state index contributed by atoms with van der Waals surface area (Å²) in [5.74, 6) is 1.01. The molecule has 76 heavy (non-hydrogen) atoms. The van der Waals surface area contributed by atoms with Gasteiger partial charge in [0.2, 0.25) is 11.8 Å². The van der Waals surface area contributed by atoms with E-state index in [1.54, 1.807) is 59.4 Å². The monoisotopic (exact) mass is 1040 g/mol. The van der Waals surface area contributed by atoms with Crippen LogP contribution in [0.15, 0.2) is 79.0 Å². The molecule has 6 atom stereocenters. The molecule has 19 heteroatoms. The molecule has 1 spiro atoms. The Labute approximate surface area is 442 Å². The van der Waals surface area contributed by atoms with Gasteiger partial charge in [-0.3, -0.25) is 19.2 Å². The van der Waals surface area contributed by atoms with Gasteiger partial charge in [0.1, 0.15) is 18.4 Å². The Morgan fingerprint density at radius 1 is 0.868 bits per heavy atom. The average Bonchev–Trinajstić information content (AvgIpc) is 3.73. The molecule has 19 nitrogen and oxygen atoms in total. The van der Waals surface area contributed by atoms with E-state index in [1.807, 2.05) is 44.3 Å². The Balaban J connectivity index is 0.798. The van der Waals surface area contributed by atoms with Gasteiger partial charge < -0.3 is 64.6 Å². The second-order valence-electron chi connectivity index (χ2n) is 20.7. The highest BCUT2D eigenvalue weighted by atomic mass is 16.6. The van der Waals surface area contributed by atoms with Crippen LogP contribution in [-0.4, -0.2) is 129 Å². The fourth-order valence-electron chi connectivity index (χ4n) is 11.0. The zero-order valence-corrected chi connectivity index (χ0v) is 43.6. The Hall–Kier alpha value is -7.51. The van der Waals surface area contributed by atoms with E-state index in [1.165, 1.54) is 20.3 Å². The zero-order valence-electron chi connectivity index (χ0n) is 43.6. The van der Waals surface area contributed by atoms with Gasteiger partial charge in [-0.25, -0.2) is 9.69 Å². The Morgan fingerprint density at radius 2 is 1.58 bits per heavy atom. The molecule has 3 unspecified atom stereocenters. The van der Waals surface area contributed by atoms with E-state index < -0.39 is 24.4 Å². The molecule has 402 valence electrons. The van der Waals surface area contributed by atoms with Gasteiger partial charge in [-0.15, -0.1) is 0 Å². The van der Waals surface area contributed by atoms with Crippen molar-refractivity contribution in [1.82, 2.24) is 20.4 Å². The third-order valence-electron chi connectivity index (χ3n) is 15.8. The van der Waals surface area contributed by atoms with Crippen molar-refractivity contribution < 1.29 is 57.5 Å². The second-order valence-corrected chi connectivity index (χ2v) is 20.7. The molecule has 1 aliphatic carbocycles. The molecule has 5 aliphatic heterocycles. The number of hydrogen-bond acceptors (Lipinski definition) is 14. The van der Waals surface area contributed by atoms with Gasteiger partial charge in [0.25, 0.3) is 11.8 Å². The number of fused-ring (bicyclic) bond motifs is 4. The number of amides is 5. The SMILES string of the molecule is CCC(C)C(NC(=O)[C@@H]1CCCN1)C(=O)Nc1ccc(COC(=O)N2c3cc(OCCCOc4cc5c(cc4OC)C(=O)N4C=C(c6ccc(OC)cc6)C[C@H]4CN5)c(OC)cc3C(=O)N3CC4(CC4)C[C@H]3C2O)cc1. The van der Waals surface area contributed by atoms with Gasteiger partial charge in [-0.05, 0) is 110 Å². The number of anilines is 3. The largest absolute Gasteiger partial charge is 0.497 e. The molecule has 10 rings (SSSR count). The van der Waals surface area contributed by atoms with Crippen molar-refractivity contribution in [3.63, 3.8) is 0 Å². The van der Waals surface area contributed by atoms with E-state index in [-0.39, 0.29) is 89.6 Å². The molecular formula is C57H67N7O12. The summed E-state index contributed by atoms with van der Waals surface area (Å²) in [5, 5.41) is 24.6. The molecule has 4 aromatic carbocycles. The summed E-state index contributed by atoms with van der Waals surface area (Å²) >= 11 is 0. The van der Waals surface area contributed by atoms with Gasteiger partial charge in [0.15, 0.2) is 29.2 Å². The minimum Gasteiger partial charge on any atom is -0.497 e. The van der Waals surface area contributed by atoms with Crippen molar-refractivity contribution in [2.45, 2.75) is 102 Å². The van der Waals surface area contributed by atoms with Gasteiger partial charge >= 0.3 is 6.09 Å². The van der Waals surface area contributed by atoms with Crippen molar-refractivity contribution in [3.05, 3.63) is 101 Å². The van der Waals surface area contributed by atoms with Crippen molar-refractivity contribution in [2.75, 3.05) is 69.7 Å². The maximum atomic E-state index is 14.4. The maximum Gasteiger partial charge on any atom is 0.416 e. The van der Waals surface area contributed by atoms with Gasteiger partial charge in [0, 0.05) is 43.5 Å². The number of rotatable bonds is 18. The van der Waals surface area contributed by atoms with Gasteiger partial charge in [-0.2, -0.15) is 0 Å². The number of methoxy groups -OCH3 is 3. The van der Waals surface area contributed by atoms with E-state index in [4.69, 9.17) is 28.4 Å². The average molecular weight is 1040 g/mol. The zero-order chi connectivity index (χ0) is 53.3. The summed E-state index contributed by atoms with van der Waals surface area (Å²) in [6, 6.07) is 19.4. The number of carbonyl (C=O) groups excluding carboxylic acids is 5. The van der Waals surface area contributed by atoms with Crippen LogP contribution < -0.4 is 49.9 Å². The third-order valence-corrected chi connectivity index (χ3v) is 15.8. The summed E-state index contributed by atoms with van der Waals surface area (Å²) < 4.78 is 35.2. The lowest BCUT2D eigenvalue weighted by Gasteiger charge is -2.31. The lowest BCUT2D eigenvalue weighted by Crippen LogP contribution is -2.52. The highest BCUT2D eigenvalue weighted by Gasteiger charge is 2.58. The minimum atomic E-state index is -1.43. The number of hydrogen-bond donors (Lipinski definition) is 5. The first-order valence-corrected chi connectivity index (χ1v) is 26.3. The maximum absolute atomic E-state index is 14.4. The predicted molar refractivity (Wildman–Crippen MR) is 283 cm³/mol. The summed E-state index contributed by atoms with van der Waals surface area (Å²) in [5.41, 5.74) is 4.49. The first-order valence-electron chi connectivity index (χ1n) is 26.3. The first-order chi connectivity index (χ1) is 36.8. The van der Waals surface area contributed by atoms with Crippen LogP contribution in [0, 0.1) is 11.3 Å². The van der Waals surface area contributed by atoms with Gasteiger partial charge in [0.05, 0.1) is 75.2 Å². The highest BCUT2D eigenvalue weighted by Crippen LogP contribution is 2.57. The van der Waals surface area contributed by atoms with Crippen molar-refractivity contribution in [3.8, 4) is 28.7 Å². The summed E-state index contributed by atoms with van der Waals surface area (Å²) in [6.45, 7) is 5.82. The fourth-order valence-corrected chi connectivity index (χ4v) is 11.0. The number of nitrogens with one attached hydrogen (secondary N) is 4. The normalized spacial score (nSPS) is 21.6. The summed E-state index contributed by atoms with van der Waals surface area (Å²) in [7, 11) is 4.62. The van der Waals surface area contributed by atoms with Crippen LogP contribution >= 0.6 is 0 Å². The Kier molecular flexibility index (Phi) is 15.0. The topological polar surface area (TPSA) is 219 Å². The van der Waals surface area contributed by atoms with E-state index in [9.17, 15) is 29.1 Å². The first kappa shape index (κ1) is 52.0. The molecule has 0 bridgehead atoms. The number of nitrogens with zero attached hydrogens (tertiary/aromatic N) is 3. The number of benzene rings is 4. The number of aliphatic hydroxyl groups excluding tert-OH is 1. The lowest BCUT2D eigenvalue weighted by atomic mass is 9.97. The quantitative estimate of drug-likeness (QED) is 0.0639. The van der Waals surface area contributed by atoms with E-state index in [2.05, 4.69) is 21.3 Å². The Morgan fingerprint density at radius 3 is 2.24 bits per heavy atom. The van der Waals surface area contributed by atoms with E-state index in [0.717, 1.165) is 54.0 Å². The molecule has 5 heterocycles. The van der Waals surface area contributed by atoms with Crippen molar-refractivity contribution in [1.29, 1.82) is 0 Å². The van der Waals surface area contributed by atoms with Crippen LogP contribution in [0.5, 0.6) is 28.7 Å². The molecule has 0 aromatic heterocycles. The molecule has 1 saturated carbocycles. The molecule has 4 aromatic rings. The summed E-state index contributed by atoms with van der Waals surface area (Å²) in [6.07, 6.45) is 5.42. The number of aliphatic hydroxyl groups is 1. The number of ether oxygens (including phenoxy) is 6. The smallest absolute Gasteiger partial charge is 0.416 e. The lowest BCUT2D eigenvalue weighted by molar-refractivity contribution is -0.128. The summed E-state index contributed by atoms with van der Waals surface area (Å²) in [4.78, 5) is 73.7. The molecule has 6 aliphatic rings.